The molecule has 1 aromatic rings. The second-order valence-corrected chi connectivity index (χ2v) is 12.0. The van der Waals surface area contributed by atoms with Gasteiger partial charge in [0.05, 0.1) is 15.4 Å². The van der Waals surface area contributed by atoms with E-state index in [9.17, 15) is 13.2 Å². The Morgan fingerprint density at radius 2 is 1.73 bits per heavy atom. The van der Waals surface area contributed by atoms with E-state index in [1.54, 1.807) is 25.7 Å². The van der Waals surface area contributed by atoms with Gasteiger partial charge in [0.2, 0.25) is 5.91 Å². The van der Waals surface area contributed by atoms with E-state index in [1.807, 2.05) is 24.3 Å². The van der Waals surface area contributed by atoms with Crippen LogP contribution >= 0.6 is 11.6 Å². The van der Waals surface area contributed by atoms with Gasteiger partial charge in [-0.15, -0.1) is 0 Å². The molecule has 1 aliphatic carbocycles. The van der Waals surface area contributed by atoms with Gasteiger partial charge in [-0.3, -0.25) is 4.79 Å². The fraction of sp³-hybridized carbons (Fsp3) is 0.650. The largest absolute Gasteiger partial charge is 0.341 e. The third-order valence-electron chi connectivity index (χ3n) is 5.99. The van der Waals surface area contributed by atoms with Crippen molar-refractivity contribution in [3.05, 3.63) is 34.9 Å². The van der Waals surface area contributed by atoms with Crippen LogP contribution in [0.15, 0.2) is 24.3 Å². The number of amides is 1. The normalized spacial score (nSPS) is 23.4. The number of carbonyl (C=O) groups is 1. The lowest BCUT2D eigenvalue weighted by Crippen LogP contribution is -2.46. The highest BCUT2D eigenvalue weighted by Crippen LogP contribution is 2.44. The molecule has 1 aliphatic heterocycles. The van der Waals surface area contributed by atoms with Crippen molar-refractivity contribution in [2.24, 2.45) is 0 Å². The Hall–Kier alpha value is -1.07. The summed E-state index contributed by atoms with van der Waals surface area (Å²) in [5.74, 6) is 0.0870. The summed E-state index contributed by atoms with van der Waals surface area (Å²) >= 11 is 6.02. The average Bonchev–Trinajstić information content (AvgIpc) is 3.24. The third-order valence-corrected chi connectivity index (χ3v) is 9.21. The minimum Gasteiger partial charge on any atom is -0.341 e. The molecule has 1 saturated carbocycles. The summed E-state index contributed by atoms with van der Waals surface area (Å²) in [4.78, 5) is 15.3. The highest BCUT2D eigenvalue weighted by Gasteiger charge is 2.48. The number of carbonyl (C=O) groups excluding carboxylic acids is 1. The van der Waals surface area contributed by atoms with Gasteiger partial charge in [-0.1, -0.05) is 36.6 Å². The van der Waals surface area contributed by atoms with Crippen molar-refractivity contribution in [2.75, 3.05) is 13.1 Å². The number of halogens is 1. The van der Waals surface area contributed by atoms with Gasteiger partial charge in [-0.05, 0) is 57.7 Å². The SMILES string of the molecule is CC(C)(C)S(=O)(=O)[C@@H]1CCN(C(=O)C2(c3ccc(Cl)cc3)CCCC2)C1. The van der Waals surface area contributed by atoms with E-state index in [0.29, 0.717) is 24.5 Å². The quantitative estimate of drug-likeness (QED) is 0.775. The number of benzene rings is 1. The van der Waals surface area contributed by atoms with Crippen molar-refractivity contribution in [3.8, 4) is 0 Å². The lowest BCUT2D eigenvalue weighted by atomic mass is 9.77. The first-order chi connectivity index (χ1) is 12.1. The number of likely N-dealkylation sites (tertiary alicyclic amines) is 1. The molecule has 0 unspecified atom stereocenters. The highest BCUT2D eigenvalue weighted by molar-refractivity contribution is 7.93. The molecule has 1 atom stereocenters. The van der Waals surface area contributed by atoms with E-state index in [4.69, 9.17) is 11.6 Å². The molecule has 2 aliphatic rings. The zero-order valence-corrected chi connectivity index (χ0v) is 17.4. The van der Waals surface area contributed by atoms with Gasteiger partial charge in [-0.2, -0.15) is 0 Å². The molecule has 1 saturated heterocycles. The van der Waals surface area contributed by atoms with Gasteiger partial charge in [0, 0.05) is 18.1 Å². The molecule has 0 aromatic heterocycles. The van der Waals surface area contributed by atoms with Crippen molar-refractivity contribution in [2.45, 2.75) is 68.3 Å². The molecule has 2 fully saturated rings. The second-order valence-electron chi connectivity index (χ2n) is 8.62. The number of hydrogen-bond acceptors (Lipinski definition) is 3. The Balaban J connectivity index is 1.85. The molecule has 1 amide bonds. The molecule has 4 nitrogen and oxygen atoms in total. The third kappa shape index (κ3) is 3.29. The van der Waals surface area contributed by atoms with Crippen LogP contribution in [0.5, 0.6) is 0 Å². The Labute approximate surface area is 161 Å². The molecule has 144 valence electrons. The molecule has 1 aromatic carbocycles. The standard InChI is InChI=1S/C20H28ClNO3S/c1-19(2,3)26(24,25)17-10-13-22(14-17)18(23)20(11-4-5-12-20)15-6-8-16(21)9-7-15/h6-9,17H,4-5,10-14H2,1-3H3/t17-/m1/s1. The Morgan fingerprint density at radius 3 is 2.27 bits per heavy atom. The fourth-order valence-electron chi connectivity index (χ4n) is 4.34. The summed E-state index contributed by atoms with van der Waals surface area (Å²) in [6.45, 7) is 6.04. The first-order valence-corrected chi connectivity index (χ1v) is 11.3. The van der Waals surface area contributed by atoms with Gasteiger partial charge >= 0.3 is 0 Å². The van der Waals surface area contributed by atoms with E-state index in [0.717, 1.165) is 31.2 Å². The van der Waals surface area contributed by atoms with E-state index in [2.05, 4.69) is 0 Å². The molecule has 0 radical (unpaired) electrons. The van der Waals surface area contributed by atoms with Crippen LogP contribution in [-0.2, 0) is 20.0 Å². The van der Waals surface area contributed by atoms with Crippen LogP contribution in [0.1, 0.15) is 58.4 Å². The summed E-state index contributed by atoms with van der Waals surface area (Å²) < 4.78 is 24.8. The van der Waals surface area contributed by atoms with E-state index in [-0.39, 0.29) is 5.91 Å². The minimum atomic E-state index is -3.27. The van der Waals surface area contributed by atoms with E-state index in [1.165, 1.54) is 0 Å². The van der Waals surface area contributed by atoms with Crippen LogP contribution in [-0.4, -0.2) is 42.3 Å². The highest BCUT2D eigenvalue weighted by atomic mass is 35.5. The first-order valence-electron chi connectivity index (χ1n) is 9.37. The number of nitrogens with zero attached hydrogens (tertiary/aromatic N) is 1. The fourth-order valence-corrected chi connectivity index (χ4v) is 6.26. The smallest absolute Gasteiger partial charge is 0.233 e. The summed E-state index contributed by atoms with van der Waals surface area (Å²) in [5, 5.41) is 0.196. The van der Waals surface area contributed by atoms with Crippen LogP contribution < -0.4 is 0 Å². The summed E-state index contributed by atoms with van der Waals surface area (Å²) in [6, 6.07) is 7.57. The van der Waals surface area contributed by atoms with Crippen LogP contribution in [0.3, 0.4) is 0 Å². The zero-order valence-electron chi connectivity index (χ0n) is 15.8. The van der Waals surface area contributed by atoms with Crippen molar-refractivity contribution in [1.29, 1.82) is 0 Å². The number of sulfone groups is 1. The molecule has 0 N–H and O–H groups in total. The average molecular weight is 398 g/mol. The second kappa shape index (κ2) is 6.83. The summed E-state index contributed by atoms with van der Waals surface area (Å²) in [7, 11) is -3.27. The van der Waals surface area contributed by atoms with Gasteiger partial charge in [0.1, 0.15) is 0 Å². The van der Waals surface area contributed by atoms with Gasteiger partial charge in [0.15, 0.2) is 9.84 Å². The maximum atomic E-state index is 13.5. The van der Waals surface area contributed by atoms with E-state index < -0.39 is 25.2 Å². The molecule has 0 spiro atoms. The van der Waals surface area contributed by atoms with Gasteiger partial charge in [0.25, 0.3) is 0 Å². The van der Waals surface area contributed by atoms with Crippen LogP contribution in [0, 0.1) is 0 Å². The lowest BCUT2D eigenvalue weighted by Gasteiger charge is -2.33. The lowest BCUT2D eigenvalue weighted by molar-refractivity contribution is -0.136. The molecular weight excluding hydrogens is 370 g/mol. The van der Waals surface area contributed by atoms with Gasteiger partial charge < -0.3 is 4.90 Å². The number of rotatable bonds is 3. The van der Waals surface area contributed by atoms with Crippen molar-refractivity contribution >= 4 is 27.3 Å². The van der Waals surface area contributed by atoms with Crippen molar-refractivity contribution in [1.82, 2.24) is 4.90 Å². The predicted molar refractivity (Wildman–Crippen MR) is 105 cm³/mol. The van der Waals surface area contributed by atoms with Crippen molar-refractivity contribution < 1.29 is 13.2 Å². The van der Waals surface area contributed by atoms with Gasteiger partial charge in [-0.25, -0.2) is 8.42 Å². The summed E-state index contributed by atoms with van der Waals surface area (Å²) in [6.07, 6.45) is 4.21. The maximum Gasteiger partial charge on any atom is 0.233 e. The zero-order chi connectivity index (χ0) is 19.2. The summed E-state index contributed by atoms with van der Waals surface area (Å²) in [5.41, 5.74) is 0.483. The Morgan fingerprint density at radius 1 is 1.15 bits per heavy atom. The van der Waals surface area contributed by atoms with Crippen LogP contribution in [0.25, 0.3) is 0 Å². The molecule has 1 heterocycles. The number of hydrogen-bond donors (Lipinski definition) is 0. The Kier molecular flexibility index (Phi) is 5.17. The molecule has 26 heavy (non-hydrogen) atoms. The molecular formula is C20H28ClNO3S. The van der Waals surface area contributed by atoms with Crippen molar-refractivity contribution in [3.63, 3.8) is 0 Å². The Bertz CT molecular complexity index is 774. The topological polar surface area (TPSA) is 54.5 Å². The van der Waals surface area contributed by atoms with E-state index >= 15 is 0 Å². The van der Waals surface area contributed by atoms with Crippen LogP contribution in [0.2, 0.25) is 5.02 Å². The molecule has 6 heteroatoms. The minimum absolute atomic E-state index is 0.0870. The first kappa shape index (κ1) is 19.7. The molecule has 0 bridgehead atoms. The predicted octanol–water partition coefficient (Wildman–Crippen LogP) is 3.97. The van der Waals surface area contributed by atoms with Crippen LogP contribution in [0.4, 0.5) is 0 Å². The molecule has 3 rings (SSSR count). The monoisotopic (exact) mass is 397 g/mol. The maximum absolute atomic E-state index is 13.5.